The van der Waals surface area contributed by atoms with Crippen LogP contribution in [0.25, 0.3) is 0 Å². The first-order valence-corrected chi connectivity index (χ1v) is 5.37. The fraction of sp³-hybridized carbons (Fsp3) is 0.250. The van der Waals surface area contributed by atoms with E-state index in [-0.39, 0.29) is 5.69 Å². The van der Waals surface area contributed by atoms with E-state index in [0.717, 1.165) is 0 Å². The Balaban J connectivity index is 3.07. The summed E-state index contributed by atoms with van der Waals surface area (Å²) in [7, 11) is -1.42. The van der Waals surface area contributed by atoms with Gasteiger partial charge in [-0.25, -0.2) is 0 Å². The van der Waals surface area contributed by atoms with E-state index in [2.05, 4.69) is 0 Å². The number of nitrogens with one attached hydrogen (secondary N) is 1. The van der Waals surface area contributed by atoms with Crippen LogP contribution in [0.2, 0.25) is 0 Å². The smallest absolute Gasteiger partial charge is 0.357 e. The first kappa shape index (κ1) is 11.6. The molecule has 84 valence electrons. The number of hydrogen-bond donors (Lipinski definition) is 2. The highest BCUT2D eigenvalue weighted by molar-refractivity contribution is 7.87. The molecule has 0 unspecified atom stereocenters. The Morgan fingerprint density at radius 3 is 1.93 bits per heavy atom. The van der Waals surface area contributed by atoms with Gasteiger partial charge in [-0.3, -0.25) is 9.27 Å². The zero-order valence-corrected chi connectivity index (χ0v) is 9.04. The van der Waals surface area contributed by atoms with Gasteiger partial charge in [-0.2, -0.15) is 8.42 Å². The fourth-order valence-corrected chi connectivity index (χ4v) is 1.43. The molecule has 0 atom stereocenters. The molecule has 0 aliphatic carbocycles. The average molecular weight is 233 g/mol. The molecular weight excluding hydrogens is 222 g/mol. The van der Waals surface area contributed by atoms with E-state index < -0.39 is 10.3 Å². The van der Waals surface area contributed by atoms with Crippen molar-refractivity contribution in [1.82, 2.24) is 0 Å². The Hall–Kier alpha value is -1.47. The number of hydrogen-bond acceptors (Lipinski definition) is 4. The Kier molecular flexibility index (Phi) is 3.38. The van der Waals surface area contributed by atoms with Gasteiger partial charge in [0.1, 0.15) is 11.5 Å². The summed E-state index contributed by atoms with van der Waals surface area (Å²) in [5, 5.41) is 0. The number of anilines is 1. The molecule has 0 spiro atoms. The van der Waals surface area contributed by atoms with Gasteiger partial charge in [0.25, 0.3) is 0 Å². The third kappa shape index (κ3) is 3.64. The first-order chi connectivity index (χ1) is 6.94. The van der Waals surface area contributed by atoms with Crippen molar-refractivity contribution in [2.24, 2.45) is 0 Å². The van der Waals surface area contributed by atoms with Crippen LogP contribution in [0, 0.1) is 0 Å². The lowest BCUT2D eigenvalue weighted by Crippen LogP contribution is -2.10. The van der Waals surface area contributed by atoms with E-state index in [0.29, 0.717) is 11.5 Å². The van der Waals surface area contributed by atoms with Crippen molar-refractivity contribution in [3.63, 3.8) is 0 Å². The zero-order chi connectivity index (χ0) is 11.5. The Morgan fingerprint density at radius 1 is 1.13 bits per heavy atom. The van der Waals surface area contributed by atoms with Crippen LogP contribution in [0.15, 0.2) is 18.2 Å². The van der Waals surface area contributed by atoms with Crippen LogP contribution in [-0.2, 0) is 10.3 Å². The van der Waals surface area contributed by atoms with Gasteiger partial charge in [0, 0.05) is 18.2 Å². The van der Waals surface area contributed by atoms with Crippen molar-refractivity contribution in [2.75, 3.05) is 18.9 Å². The molecule has 0 aromatic heterocycles. The normalized spacial score (nSPS) is 10.9. The van der Waals surface area contributed by atoms with E-state index in [1.165, 1.54) is 26.4 Å². The molecule has 0 radical (unpaired) electrons. The molecule has 0 amide bonds. The Bertz CT molecular complexity index is 420. The summed E-state index contributed by atoms with van der Waals surface area (Å²) in [6, 6.07) is 4.40. The van der Waals surface area contributed by atoms with E-state index in [1.54, 1.807) is 6.07 Å². The molecule has 0 bridgehead atoms. The second-order valence-electron chi connectivity index (χ2n) is 2.68. The summed E-state index contributed by atoms with van der Waals surface area (Å²) < 4.78 is 41.4. The van der Waals surface area contributed by atoms with Crippen LogP contribution in [0.1, 0.15) is 0 Å². The second-order valence-corrected chi connectivity index (χ2v) is 3.83. The Labute approximate surface area is 87.7 Å². The molecule has 1 aromatic carbocycles. The highest BCUT2D eigenvalue weighted by atomic mass is 32.2. The van der Waals surface area contributed by atoms with Gasteiger partial charge < -0.3 is 9.47 Å². The van der Waals surface area contributed by atoms with Crippen molar-refractivity contribution in [3.8, 4) is 11.5 Å². The molecule has 0 heterocycles. The van der Waals surface area contributed by atoms with Crippen LogP contribution >= 0.6 is 0 Å². The molecule has 7 heteroatoms. The molecule has 0 fully saturated rings. The summed E-state index contributed by atoms with van der Waals surface area (Å²) in [5.41, 5.74) is 0.161. The molecule has 1 aromatic rings. The summed E-state index contributed by atoms with van der Waals surface area (Å²) in [5.74, 6) is 0.834. The standard InChI is InChI=1S/C8H11NO5S/c1-13-7-3-6(9-15(10,11)12)4-8(5-7)14-2/h3-5,9H,1-2H3,(H,10,11,12). The van der Waals surface area contributed by atoms with E-state index in [1.807, 2.05) is 4.72 Å². The SMILES string of the molecule is COc1cc(NS(=O)(=O)O)cc(OC)c1. The van der Waals surface area contributed by atoms with Crippen LogP contribution in [0.3, 0.4) is 0 Å². The predicted molar refractivity (Wildman–Crippen MR) is 54.7 cm³/mol. The number of benzene rings is 1. The lowest BCUT2D eigenvalue weighted by atomic mass is 10.3. The third-order valence-corrected chi connectivity index (χ3v) is 2.09. The Morgan fingerprint density at radius 2 is 1.60 bits per heavy atom. The minimum Gasteiger partial charge on any atom is -0.497 e. The maximum absolute atomic E-state index is 10.6. The quantitative estimate of drug-likeness (QED) is 0.755. The van der Waals surface area contributed by atoms with Crippen LogP contribution < -0.4 is 14.2 Å². The second kappa shape index (κ2) is 4.37. The molecule has 2 N–H and O–H groups in total. The zero-order valence-electron chi connectivity index (χ0n) is 8.22. The highest BCUT2D eigenvalue weighted by Gasteiger charge is 2.07. The molecule has 0 saturated heterocycles. The lowest BCUT2D eigenvalue weighted by Gasteiger charge is -2.08. The van der Waals surface area contributed by atoms with Crippen molar-refractivity contribution in [3.05, 3.63) is 18.2 Å². The maximum atomic E-state index is 10.6. The minimum absolute atomic E-state index is 0.161. The van der Waals surface area contributed by atoms with Crippen molar-refractivity contribution < 1.29 is 22.4 Å². The van der Waals surface area contributed by atoms with Gasteiger partial charge in [0.15, 0.2) is 0 Å². The van der Waals surface area contributed by atoms with Crippen molar-refractivity contribution >= 4 is 16.0 Å². The van der Waals surface area contributed by atoms with Crippen LogP contribution in [-0.4, -0.2) is 27.2 Å². The summed E-state index contributed by atoms with van der Waals surface area (Å²) in [6.07, 6.45) is 0. The third-order valence-electron chi connectivity index (χ3n) is 1.60. The molecule has 6 nitrogen and oxygen atoms in total. The van der Waals surface area contributed by atoms with E-state index in [4.69, 9.17) is 14.0 Å². The molecule has 15 heavy (non-hydrogen) atoms. The monoisotopic (exact) mass is 233 g/mol. The fourth-order valence-electron chi connectivity index (χ4n) is 1.02. The first-order valence-electron chi connectivity index (χ1n) is 3.93. The molecule has 0 saturated carbocycles. The largest absolute Gasteiger partial charge is 0.497 e. The van der Waals surface area contributed by atoms with Crippen molar-refractivity contribution in [2.45, 2.75) is 0 Å². The number of methoxy groups -OCH3 is 2. The van der Waals surface area contributed by atoms with Gasteiger partial charge in [-0.05, 0) is 0 Å². The summed E-state index contributed by atoms with van der Waals surface area (Å²) in [4.78, 5) is 0. The number of ether oxygens (including phenoxy) is 2. The summed E-state index contributed by atoms with van der Waals surface area (Å²) in [6.45, 7) is 0. The van der Waals surface area contributed by atoms with Gasteiger partial charge in [-0.15, -0.1) is 0 Å². The maximum Gasteiger partial charge on any atom is 0.357 e. The van der Waals surface area contributed by atoms with Gasteiger partial charge >= 0.3 is 10.3 Å². The predicted octanol–water partition coefficient (Wildman–Crippen LogP) is 0.918. The lowest BCUT2D eigenvalue weighted by molar-refractivity contribution is 0.395. The van der Waals surface area contributed by atoms with Gasteiger partial charge in [-0.1, -0.05) is 0 Å². The molecule has 0 aliphatic rings. The van der Waals surface area contributed by atoms with Crippen LogP contribution in [0.4, 0.5) is 5.69 Å². The topological polar surface area (TPSA) is 84.9 Å². The van der Waals surface area contributed by atoms with Crippen molar-refractivity contribution in [1.29, 1.82) is 0 Å². The van der Waals surface area contributed by atoms with Crippen LogP contribution in [0.5, 0.6) is 11.5 Å². The minimum atomic E-state index is -4.29. The summed E-state index contributed by atoms with van der Waals surface area (Å²) >= 11 is 0. The average Bonchev–Trinajstić information content (AvgIpc) is 2.14. The molecule has 1 rings (SSSR count). The molecular formula is C8H11NO5S. The number of rotatable bonds is 4. The van der Waals surface area contributed by atoms with Gasteiger partial charge in [0.2, 0.25) is 0 Å². The van der Waals surface area contributed by atoms with E-state index in [9.17, 15) is 8.42 Å². The van der Waals surface area contributed by atoms with Gasteiger partial charge in [0.05, 0.1) is 19.9 Å². The molecule has 0 aliphatic heterocycles. The highest BCUT2D eigenvalue weighted by Crippen LogP contribution is 2.26. The van der Waals surface area contributed by atoms with E-state index >= 15 is 0 Å².